The molecule has 0 saturated heterocycles. The summed E-state index contributed by atoms with van der Waals surface area (Å²) in [6.07, 6.45) is 2.62. The van der Waals surface area contributed by atoms with Gasteiger partial charge in [-0.2, -0.15) is 0 Å². The van der Waals surface area contributed by atoms with Crippen molar-refractivity contribution in [2.24, 2.45) is 0 Å². The maximum atomic E-state index is 14.0. The zero-order valence-corrected chi connectivity index (χ0v) is 19.5. The van der Waals surface area contributed by atoms with Crippen molar-refractivity contribution in [1.29, 1.82) is 0 Å². The Kier molecular flexibility index (Phi) is 6.56. The molecule has 164 valence electrons. The molecule has 4 rings (SSSR count). The first kappa shape index (κ1) is 22.4. The van der Waals surface area contributed by atoms with Gasteiger partial charge in [-0.15, -0.1) is 0 Å². The third kappa shape index (κ3) is 4.53. The third-order valence-corrected chi connectivity index (χ3v) is 7.28. The summed E-state index contributed by atoms with van der Waals surface area (Å²) in [5.74, 6) is -0.816. The molecular weight excluding hydrogens is 448 g/mol. The lowest BCUT2D eigenvalue weighted by Crippen LogP contribution is -2.29. The summed E-state index contributed by atoms with van der Waals surface area (Å²) in [4.78, 5) is 20.2. The van der Waals surface area contributed by atoms with Gasteiger partial charge in [-0.1, -0.05) is 28.8 Å². The molecule has 2 heterocycles. The van der Waals surface area contributed by atoms with E-state index in [9.17, 15) is 9.18 Å². The lowest BCUT2D eigenvalue weighted by atomic mass is 10.2. The largest absolute Gasteiger partial charge is 0.353 e. The van der Waals surface area contributed by atoms with E-state index in [0.29, 0.717) is 16.3 Å². The molecule has 0 saturated carbocycles. The zero-order valence-electron chi connectivity index (χ0n) is 17.9. The minimum absolute atomic E-state index is 0.0389. The van der Waals surface area contributed by atoms with Gasteiger partial charge in [-0.3, -0.25) is 9.78 Å². The van der Waals surface area contributed by atoms with Gasteiger partial charge in [0.25, 0.3) is 5.91 Å². The molecular formula is C24H22ClFN3O2P. The quantitative estimate of drug-likeness (QED) is 0.395. The van der Waals surface area contributed by atoms with Gasteiger partial charge in [0.05, 0.1) is 14.3 Å². The molecule has 0 aliphatic rings. The number of amides is 1. The van der Waals surface area contributed by atoms with Crippen LogP contribution in [-0.2, 0) is 11.1 Å². The number of hydrogen-bond donors (Lipinski definition) is 2. The van der Waals surface area contributed by atoms with Crippen LogP contribution in [0.2, 0.25) is 5.02 Å². The van der Waals surface area contributed by atoms with E-state index < -0.39 is 14.0 Å². The summed E-state index contributed by atoms with van der Waals surface area (Å²) in [6, 6.07) is 13.2. The lowest BCUT2D eigenvalue weighted by molar-refractivity contribution is 0.0947. The molecule has 4 aromatic rings. The van der Waals surface area contributed by atoms with Gasteiger partial charge in [0.15, 0.2) is 0 Å². The smallest absolute Gasteiger partial charge is 0.268 e. The molecule has 0 radical (unpaired) electrons. The second-order valence-electron chi connectivity index (χ2n) is 7.51. The van der Waals surface area contributed by atoms with Gasteiger partial charge in [0.1, 0.15) is 11.5 Å². The standard InChI is InChI=1S/C24H22ClFN3O2P/c1-14-8-15(2)10-18(9-14)32(31-3)23-19-11-17(25)4-5-21(19)29-22(23)24(30)28-12-16-6-7-27-13-20(16)26/h4-11,13,29H,12H2,1-3H3,(H,28,30). The molecule has 32 heavy (non-hydrogen) atoms. The van der Waals surface area contributed by atoms with Gasteiger partial charge in [-0.05, 0) is 50.2 Å². The van der Waals surface area contributed by atoms with E-state index in [1.54, 1.807) is 19.2 Å². The summed E-state index contributed by atoms with van der Waals surface area (Å²) in [5, 5.41) is 5.94. The van der Waals surface area contributed by atoms with Crippen LogP contribution in [0.3, 0.4) is 0 Å². The Morgan fingerprint density at radius 3 is 2.62 bits per heavy atom. The van der Waals surface area contributed by atoms with Crippen molar-refractivity contribution in [3.63, 3.8) is 0 Å². The van der Waals surface area contributed by atoms with Crippen molar-refractivity contribution < 1.29 is 13.7 Å². The van der Waals surface area contributed by atoms with Crippen molar-refractivity contribution >= 4 is 47.2 Å². The van der Waals surface area contributed by atoms with E-state index in [2.05, 4.69) is 33.5 Å². The van der Waals surface area contributed by atoms with Crippen molar-refractivity contribution in [3.8, 4) is 0 Å². The minimum Gasteiger partial charge on any atom is -0.353 e. The molecule has 1 atom stereocenters. The van der Waals surface area contributed by atoms with Gasteiger partial charge < -0.3 is 14.8 Å². The summed E-state index contributed by atoms with van der Waals surface area (Å²) in [7, 11) is 0.324. The number of halogens is 2. The second kappa shape index (κ2) is 9.37. The third-order valence-electron chi connectivity index (χ3n) is 5.08. The number of fused-ring (bicyclic) bond motifs is 1. The Morgan fingerprint density at radius 1 is 1.19 bits per heavy atom. The molecule has 2 aromatic carbocycles. The normalized spacial score (nSPS) is 12.2. The number of rotatable bonds is 6. The number of nitrogens with zero attached hydrogens (tertiary/aromatic N) is 1. The zero-order chi connectivity index (χ0) is 22.8. The number of nitrogens with one attached hydrogen (secondary N) is 2. The monoisotopic (exact) mass is 469 g/mol. The van der Waals surface area contributed by atoms with E-state index >= 15 is 0 Å². The second-order valence-corrected chi connectivity index (χ2v) is 9.87. The van der Waals surface area contributed by atoms with E-state index in [1.165, 1.54) is 6.20 Å². The number of pyridine rings is 1. The average Bonchev–Trinajstić information content (AvgIpc) is 3.11. The number of carbonyl (C=O) groups is 1. The van der Waals surface area contributed by atoms with Gasteiger partial charge in [-0.25, -0.2) is 4.39 Å². The Hall–Kier alpha value is -2.79. The van der Waals surface area contributed by atoms with E-state index in [1.807, 2.05) is 26.0 Å². The van der Waals surface area contributed by atoms with Crippen LogP contribution in [0.15, 0.2) is 54.9 Å². The maximum Gasteiger partial charge on any atom is 0.268 e. The summed E-state index contributed by atoms with van der Waals surface area (Å²) < 4.78 is 19.9. The molecule has 2 N–H and O–H groups in total. The van der Waals surface area contributed by atoms with Crippen molar-refractivity contribution in [3.05, 3.63) is 88.1 Å². The van der Waals surface area contributed by atoms with Crippen molar-refractivity contribution in [2.45, 2.75) is 20.4 Å². The maximum absolute atomic E-state index is 14.0. The van der Waals surface area contributed by atoms with Crippen LogP contribution in [0.4, 0.5) is 4.39 Å². The predicted molar refractivity (Wildman–Crippen MR) is 128 cm³/mol. The van der Waals surface area contributed by atoms with Gasteiger partial charge in [0.2, 0.25) is 0 Å². The molecule has 0 fully saturated rings. The number of hydrogen-bond acceptors (Lipinski definition) is 3. The first-order chi connectivity index (χ1) is 15.4. The highest BCUT2D eigenvalue weighted by Crippen LogP contribution is 2.39. The molecule has 1 amide bonds. The molecule has 0 spiro atoms. The Labute approximate surface area is 191 Å². The summed E-state index contributed by atoms with van der Waals surface area (Å²) >= 11 is 6.29. The Bertz CT molecular complexity index is 1290. The van der Waals surface area contributed by atoms with Crippen LogP contribution in [0.1, 0.15) is 27.2 Å². The number of aromatic amines is 1. The number of aromatic nitrogens is 2. The number of aryl methyl sites for hydroxylation is 2. The molecule has 0 aliphatic carbocycles. The van der Waals surface area contributed by atoms with E-state index in [4.69, 9.17) is 16.1 Å². The van der Waals surface area contributed by atoms with Gasteiger partial charge >= 0.3 is 0 Å². The molecule has 1 unspecified atom stereocenters. The predicted octanol–water partition coefficient (Wildman–Crippen LogP) is 4.90. The average molecular weight is 470 g/mol. The summed E-state index contributed by atoms with van der Waals surface area (Å²) in [5.41, 5.74) is 3.74. The number of H-pyrrole nitrogens is 1. The lowest BCUT2D eigenvalue weighted by Gasteiger charge is -2.18. The van der Waals surface area contributed by atoms with Gasteiger partial charge in [0, 0.05) is 51.9 Å². The van der Waals surface area contributed by atoms with Crippen LogP contribution in [0.25, 0.3) is 10.9 Å². The van der Waals surface area contributed by atoms with Crippen LogP contribution in [-0.4, -0.2) is 23.0 Å². The SMILES string of the molecule is COP(c1cc(C)cc(C)c1)c1c(C(=O)NCc2ccncc2F)[nH]c2ccc(Cl)cc12. The highest BCUT2D eigenvalue weighted by molar-refractivity contribution is 7.69. The molecule has 2 aromatic heterocycles. The van der Waals surface area contributed by atoms with Crippen LogP contribution < -0.4 is 15.9 Å². The Morgan fingerprint density at radius 2 is 1.94 bits per heavy atom. The van der Waals surface area contributed by atoms with Crippen molar-refractivity contribution in [1.82, 2.24) is 15.3 Å². The molecule has 5 nitrogen and oxygen atoms in total. The first-order valence-electron chi connectivity index (χ1n) is 9.97. The van der Waals surface area contributed by atoms with Crippen LogP contribution in [0, 0.1) is 19.7 Å². The number of carbonyl (C=O) groups excluding carboxylic acids is 1. The van der Waals surface area contributed by atoms with Crippen LogP contribution in [0.5, 0.6) is 0 Å². The molecule has 8 heteroatoms. The Balaban J connectivity index is 1.79. The highest BCUT2D eigenvalue weighted by atomic mass is 35.5. The first-order valence-corrected chi connectivity index (χ1v) is 11.6. The van der Waals surface area contributed by atoms with E-state index in [-0.39, 0.29) is 12.5 Å². The number of benzene rings is 2. The van der Waals surface area contributed by atoms with Crippen molar-refractivity contribution in [2.75, 3.05) is 7.11 Å². The minimum atomic E-state index is -1.32. The fourth-order valence-electron chi connectivity index (χ4n) is 3.73. The molecule has 0 bridgehead atoms. The fourth-order valence-corrected chi connectivity index (χ4v) is 5.96. The highest BCUT2D eigenvalue weighted by Gasteiger charge is 2.27. The van der Waals surface area contributed by atoms with E-state index in [0.717, 1.165) is 38.8 Å². The summed E-state index contributed by atoms with van der Waals surface area (Å²) in [6.45, 7) is 4.10. The molecule has 0 aliphatic heterocycles. The fraction of sp³-hybridized carbons (Fsp3) is 0.167. The topological polar surface area (TPSA) is 67.0 Å². The van der Waals surface area contributed by atoms with Crippen LogP contribution >= 0.6 is 19.7 Å².